The van der Waals surface area contributed by atoms with Crippen molar-refractivity contribution in [1.82, 2.24) is 10.2 Å². The number of benzene rings is 2. The number of halogens is 3. The van der Waals surface area contributed by atoms with E-state index in [4.69, 9.17) is 0 Å². The van der Waals surface area contributed by atoms with E-state index in [-0.39, 0.29) is 30.0 Å². The molecule has 0 saturated carbocycles. The zero-order valence-electron chi connectivity index (χ0n) is 17.9. The van der Waals surface area contributed by atoms with Crippen LogP contribution in [0, 0.1) is 0 Å². The molecule has 2 aliphatic heterocycles. The third kappa shape index (κ3) is 4.43. The van der Waals surface area contributed by atoms with Gasteiger partial charge in [0.1, 0.15) is 6.04 Å². The van der Waals surface area contributed by atoms with Gasteiger partial charge in [-0.05, 0) is 43.7 Å². The van der Waals surface area contributed by atoms with Gasteiger partial charge in [0.15, 0.2) is 0 Å². The van der Waals surface area contributed by atoms with E-state index in [1.807, 2.05) is 29.7 Å². The van der Waals surface area contributed by atoms with Gasteiger partial charge in [-0.2, -0.15) is 13.2 Å². The first kappa shape index (κ1) is 22.1. The molecule has 1 fully saturated rings. The molecule has 1 atom stereocenters. The van der Waals surface area contributed by atoms with Crippen LogP contribution >= 0.6 is 0 Å². The molecule has 0 aliphatic carbocycles. The lowest BCUT2D eigenvalue weighted by Gasteiger charge is -2.45. The first-order chi connectivity index (χ1) is 15.1. The molecule has 2 aliphatic rings. The number of nitrogens with one attached hydrogen (secondary N) is 2. The van der Waals surface area contributed by atoms with Crippen LogP contribution < -0.4 is 15.5 Å². The molecule has 2 amide bonds. The zero-order valence-corrected chi connectivity index (χ0v) is 17.9. The first-order valence-electron chi connectivity index (χ1n) is 10.5. The molecule has 170 valence electrons. The SMILES string of the molecule is CC(C)NC(=O)c1ccc2c(c1)NC(=O)C1CN(Cc3ccccc3C(F)(F)F)CCN21. The normalized spacial score (nSPS) is 18.8. The number of alkyl halides is 3. The second kappa shape index (κ2) is 8.46. The molecule has 0 radical (unpaired) electrons. The summed E-state index contributed by atoms with van der Waals surface area (Å²) < 4.78 is 40.0. The number of rotatable bonds is 4. The van der Waals surface area contributed by atoms with Crippen LogP contribution in [0.15, 0.2) is 42.5 Å². The van der Waals surface area contributed by atoms with E-state index < -0.39 is 17.8 Å². The molecule has 1 unspecified atom stereocenters. The molecule has 2 aromatic carbocycles. The number of carbonyl (C=O) groups excluding carboxylic acids is 2. The minimum absolute atomic E-state index is 0.00643. The number of fused-ring (bicyclic) bond motifs is 3. The molecule has 2 aromatic rings. The largest absolute Gasteiger partial charge is 0.416 e. The van der Waals surface area contributed by atoms with Crippen LogP contribution in [0.3, 0.4) is 0 Å². The van der Waals surface area contributed by atoms with Crippen LogP contribution in [0.4, 0.5) is 24.5 Å². The summed E-state index contributed by atoms with van der Waals surface area (Å²) in [5.41, 5.74) is 1.39. The summed E-state index contributed by atoms with van der Waals surface area (Å²) in [7, 11) is 0. The molecule has 0 spiro atoms. The Morgan fingerprint density at radius 3 is 2.66 bits per heavy atom. The lowest BCUT2D eigenvalue weighted by Crippen LogP contribution is -2.59. The summed E-state index contributed by atoms with van der Waals surface area (Å²) in [4.78, 5) is 28.9. The maximum Gasteiger partial charge on any atom is 0.416 e. The Bertz CT molecular complexity index is 1040. The van der Waals surface area contributed by atoms with Gasteiger partial charge in [0.05, 0.1) is 16.9 Å². The summed E-state index contributed by atoms with van der Waals surface area (Å²) >= 11 is 0. The number of nitrogens with zero attached hydrogens (tertiary/aromatic N) is 2. The van der Waals surface area contributed by atoms with Crippen LogP contribution in [0.5, 0.6) is 0 Å². The maximum absolute atomic E-state index is 13.3. The number of hydrogen-bond donors (Lipinski definition) is 2. The van der Waals surface area contributed by atoms with Crippen molar-refractivity contribution in [2.24, 2.45) is 0 Å². The highest BCUT2D eigenvalue weighted by Crippen LogP contribution is 2.36. The quantitative estimate of drug-likeness (QED) is 0.755. The topological polar surface area (TPSA) is 64.7 Å². The van der Waals surface area contributed by atoms with Crippen molar-refractivity contribution < 1.29 is 22.8 Å². The molecule has 32 heavy (non-hydrogen) atoms. The van der Waals surface area contributed by atoms with E-state index in [9.17, 15) is 22.8 Å². The van der Waals surface area contributed by atoms with Crippen molar-refractivity contribution in [2.75, 3.05) is 29.9 Å². The predicted molar refractivity (Wildman–Crippen MR) is 116 cm³/mol. The third-order valence-corrected chi connectivity index (χ3v) is 5.73. The Labute approximate surface area is 184 Å². The number of anilines is 2. The third-order valence-electron chi connectivity index (χ3n) is 5.73. The Morgan fingerprint density at radius 2 is 1.94 bits per heavy atom. The monoisotopic (exact) mass is 446 g/mol. The van der Waals surface area contributed by atoms with E-state index in [2.05, 4.69) is 10.6 Å². The summed E-state index contributed by atoms with van der Waals surface area (Å²) in [6.45, 7) is 5.19. The molecular weight excluding hydrogens is 421 g/mol. The molecular formula is C23H25F3N4O2. The van der Waals surface area contributed by atoms with Gasteiger partial charge in [0, 0.05) is 37.8 Å². The van der Waals surface area contributed by atoms with Crippen molar-refractivity contribution in [1.29, 1.82) is 0 Å². The zero-order chi connectivity index (χ0) is 23.0. The molecule has 1 saturated heterocycles. The smallest absolute Gasteiger partial charge is 0.355 e. The van der Waals surface area contributed by atoms with Crippen molar-refractivity contribution in [3.8, 4) is 0 Å². The van der Waals surface area contributed by atoms with Crippen LogP contribution in [0.1, 0.15) is 35.3 Å². The highest BCUT2D eigenvalue weighted by atomic mass is 19.4. The van der Waals surface area contributed by atoms with Crippen LogP contribution in [-0.4, -0.2) is 48.4 Å². The molecule has 0 aromatic heterocycles. The van der Waals surface area contributed by atoms with E-state index in [0.29, 0.717) is 30.9 Å². The van der Waals surface area contributed by atoms with Gasteiger partial charge >= 0.3 is 6.18 Å². The summed E-state index contributed by atoms with van der Waals surface area (Å²) in [6.07, 6.45) is -4.42. The van der Waals surface area contributed by atoms with Gasteiger partial charge in [-0.3, -0.25) is 14.5 Å². The Balaban J connectivity index is 1.51. The standard InChI is InChI=1S/C23H25F3N4O2/c1-14(2)27-21(31)15-7-8-19-18(11-15)28-22(32)20-13-29(9-10-30(19)20)12-16-5-3-4-6-17(16)23(24,25)26/h3-8,11,14,20H,9-10,12-13H2,1-2H3,(H,27,31)(H,28,32). The van der Waals surface area contributed by atoms with Crippen LogP contribution in [0.25, 0.3) is 0 Å². The molecule has 2 heterocycles. The van der Waals surface area contributed by atoms with Gasteiger partial charge in [-0.1, -0.05) is 18.2 Å². The highest BCUT2D eigenvalue weighted by Gasteiger charge is 2.39. The molecule has 9 heteroatoms. The van der Waals surface area contributed by atoms with Gasteiger partial charge in [-0.15, -0.1) is 0 Å². The molecule has 4 rings (SSSR count). The molecule has 6 nitrogen and oxygen atoms in total. The molecule has 2 N–H and O–H groups in total. The Hall–Kier alpha value is -3.07. The second-order valence-corrected chi connectivity index (χ2v) is 8.45. The van der Waals surface area contributed by atoms with Crippen molar-refractivity contribution in [3.63, 3.8) is 0 Å². The highest BCUT2D eigenvalue weighted by molar-refractivity contribution is 6.06. The Kier molecular flexibility index (Phi) is 5.85. The number of carbonyl (C=O) groups is 2. The predicted octanol–water partition coefficient (Wildman–Crippen LogP) is 3.49. The number of piperazine rings is 1. The number of amides is 2. The lowest BCUT2D eigenvalue weighted by atomic mass is 10.0. The Morgan fingerprint density at radius 1 is 1.19 bits per heavy atom. The van der Waals surface area contributed by atoms with Gasteiger partial charge in [0.25, 0.3) is 5.91 Å². The van der Waals surface area contributed by atoms with E-state index in [0.717, 1.165) is 11.8 Å². The summed E-state index contributed by atoms with van der Waals surface area (Å²) in [6, 6.07) is 10.2. The minimum atomic E-state index is -4.42. The fourth-order valence-corrected chi connectivity index (χ4v) is 4.26. The second-order valence-electron chi connectivity index (χ2n) is 8.45. The molecule has 0 bridgehead atoms. The fraction of sp³-hybridized carbons (Fsp3) is 0.391. The van der Waals surface area contributed by atoms with Crippen LogP contribution in [0.2, 0.25) is 0 Å². The van der Waals surface area contributed by atoms with Crippen molar-refractivity contribution in [3.05, 3.63) is 59.2 Å². The van der Waals surface area contributed by atoms with Crippen LogP contribution in [-0.2, 0) is 17.5 Å². The average molecular weight is 446 g/mol. The van der Waals surface area contributed by atoms with E-state index >= 15 is 0 Å². The summed E-state index contributed by atoms with van der Waals surface area (Å²) in [5.74, 6) is -0.444. The fourth-order valence-electron chi connectivity index (χ4n) is 4.26. The van der Waals surface area contributed by atoms with Gasteiger partial charge < -0.3 is 15.5 Å². The minimum Gasteiger partial charge on any atom is -0.355 e. The maximum atomic E-state index is 13.3. The average Bonchev–Trinajstić information content (AvgIpc) is 2.73. The van der Waals surface area contributed by atoms with Crippen molar-refractivity contribution >= 4 is 23.2 Å². The lowest BCUT2D eigenvalue weighted by molar-refractivity contribution is -0.138. The van der Waals surface area contributed by atoms with Gasteiger partial charge in [-0.25, -0.2) is 0 Å². The number of hydrogen-bond acceptors (Lipinski definition) is 4. The van der Waals surface area contributed by atoms with E-state index in [1.54, 1.807) is 18.2 Å². The van der Waals surface area contributed by atoms with Crippen molar-refractivity contribution in [2.45, 2.75) is 38.7 Å². The first-order valence-corrected chi connectivity index (χ1v) is 10.5. The summed E-state index contributed by atoms with van der Waals surface area (Å²) in [5, 5.41) is 5.69. The van der Waals surface area contributed by atoms with E-state index in [1.165, 1.54) is 12.1 Å². The van der Waals surface area contributed by atoms with Gasteiger partial charge in [0.2, 0.25) is 5.91 Å².